The van der Waals surface area contributed by atoms with Gasteiger partial charge in [0.2, 0.25) is 0 Å². The van der Waals surface area contributed by atoms with Gasteiger partial charge in [-0.3, -0.25) is 4.98 Å². The molecule has 0 aliphatic carbocycles. The standard InChI is InChI=1S/C11H8F3N/c1-7-5-8-3-2-4-15-10(8)6-9(7)11(12,13)14/h2-6H,1H3. The van der Waals surface area contributed by atoms with Gasteiger partial charge in [-0.05, 0) is 30.7 Å². The molecule has 1 nitrogen and oxygen atoms in total. The van der Waals surface area contributed by atoms with Crippen LogP contribution in [0.3, 0.4) is 0 Å². The SMILES string of the molecule is Cc1cc2cccnc2cc1C(F)(F)F. The van der Waals surface area contributed by atoms with Crippen LogP contribution in [0.25, 0.3) is 10.9 Å². The van der Waals surface area contributed by atoms with Crippen LogP contribution < -0.4 is 0 Å². The summed E-state index contributed by atoms with van der Waals surface area (Å²) in [5, 5.41) is 0.725. The van der Waals surface area contributed by atoms with Gasteiger partial charge in [0, 0.05) is 11.6 Å². The monoisotopic (exact) mass is 211 g/mol. The van der Waals surface area contributed by atoms with Crippen LogP contribution >= 0.6 is 0 Å². The Hall–Kier alpha value is -1.58. The minimum absolute atomic E-state index is 0.225. The Morgan fingerprint density at radius 3 is 2.60 bits per heavy atom. The van der Waals surface area contributed by atoms with Crippen molar-refractivity contribution in [2.45, 2.75) is 13.1 Å². The van der Waals surface area contributed by atoms with Crippen molar-refractivity contribution in [2.24, 2.45) is 0 Å². The first-order chi connectivity index (χ1) is 6.98. The van der Waals surface area contributed by atoms with Crippen molar-refractivity contribution in [3.8, 4) is 0 Å². The first-order valence-electron chi connectivity index (χ1n) is 4.41. The van der Waals surface area contributed by atoms with Gasteiger partial charge in [0.05, 0.1) is 11.1 Å². The fourth-order valence-electron chi connectivity index (χ4n) is 1.54. The van der Waals surface area contributed by atoms with Crippen LogP contribution in [0.1, 0.15) is 11.1 Å². The summed E-state index contributed by atoms with van der Waals surface area (Å²) in [5.41, 5.74) is -0.0212. The summed E-state index contributed by atoms with van der Waals surface area (Å²) in [7, 11) is 0. The molecule has 0 bridgehead atoms. The molecule has 0 N–H and O–H groups in total. The van der Waals surface area contributed by atoms with Crippen LogP contribution in [0.15, 0.2) is 30.5 Å². The number of halogens is 3. The second-order valence-electron chi connectivity index (χ2n) is 3.36. The predicted molar refractivity (Wildman–Crippen MR) is 51.5 cm³/mol. The normalized spacial score (nSPS) is 12.0. The van der Waals surface area contributed by atoms with Crippen molar-refractivity contribution in [2.75, 3.05) is 0 Å². The van der Waals surface area contributed by atoms with E-state index in [-0.39, 0.29) is 5.56 Å². The van der Waals surface area contributed by atoms with E-state index < -0.39 is 11.7 Å². The quantitative estimate of drug-likeness (QED) is 0.649. The number of fused-ring (bicyclic) bond motifs is 1. The van der Waals surface area contributed by atoms with Gasteiger partial charge in [-0.2, -0.15) is 13.2 Å². The second-order valence-corrected chi connectivity index (χ2v) is 3.36. The lowest BCUT2D eigenvalue weighted by Gasteiger charge is -2.10. The van der Waals surface area contributed by atoms with Crippen LogP contribution in [-0.2, 0) is 6.18 Å². The fourth-order valence-corrected chi connectivity index (χ4v) is 1.54. The molecule has 0 aliphatic heterocycles. The molecule has 0 amide bonds. The van der Waals surface area contributed by atoms with Crippen LogP contribution in [0.5, 0.6) is 0 Å². The molecular weight excluding hydrogens is 203 g/mol. The van der Waals surface area contributed by atoms with Crippen LogP contribution in [-0.4, -0.2) is 4.98 Å². The summed E-state index contributed by atoms with van der Waals surface area (Å²) in [5.74, 6) is 0. The number of aromatic nitrogens is 1. The third-order valence-corrected chi connectivity index (χ3v) is 2.25. The zero-order valence-corrected chi connectivity index (χ0v) is 7.97. The van der Waals surface area contributed by atoms with E-state index in [4.69, 9.17) is 0 Å². The van der Waals surface area contributed by atoms with E-state index in [9.17, 15) is 13.2 Å². The second kappa shape index (κ2) is 3.22. The molecule has 0 spiro atoms. The van der Waals surface area contributed by atoms with Crippen molar-refractivity contribution in [1.82, 2.24) is 4.98 Å². The van der Waals surface area contributed by atoms with Crippen molar-refractivity contribution in [1.29, 1.82) is 0 Å². The molecule has 4 heteroatoms. The number of rotatable bonds is 0. The van der Waals surface area contributed by atoms with E-state index in [0.717, 1.165) is 11.5 Å². The highest BCUT2D eigenvalue weighted by Gasteiger charge is 2.32. The van der Waals surface area contributed by atoms with E-state index in [1.165, 1.54) is 19.2 Å². The molecule has 78 valence electrons. The van der Waals surface area contributed by atoms with E-state index in [1.807, 2.05) is 0 Å². The Labute approximate surface area is 84.6 Å². The first-order valence-corrected chi connectivity index (χ1v) is 4.41. The molecule has 15 heavy (non-hydrogen) atoms. The maximum Gasteiger partial charge on any atom is 0.416 e. The third-order valence-electron chi connectivity index (χ3n) is 2.25. The van der Waals surface area contributed by atoms with Crippen LogP contribution in [0.2, 0.25) is 0 Å². The highest BCUT2D eigenvalue weighted by atomic mass is 19.4. The average molecular weight is 211 g/mol. The predicted octanol–water partition coefficient (Wildman–Crippen LogP) is 3.56. The molecule has 0 unspecified atom stereocenters. The molecule has 2 aromatic rings. The van der Waals surface area contributed by atoms with Gasteiger partial charge >= 0.3 is 6.18 Å². The summed E-state index contributed by atoms with van der Waals surface area (Å²) in [6, 6.07) is 6.04. The molecule has 1 aromatic carbocycles. The largest absolute Gasteiger partial charge is 0.416 e. The molecule has 0 radical (unpaired) electrons. The molecule has 0 saturated heterocycles. The number of aryl methyl sites for hydroxylation is 1. The number of benzene rings is 1. The van der Waals surface area contributed by atoms with E-state index >= 15 is 0 Å². The Balaban J connectivity index is 2.73. The van der Waals surface area contributed by atoms with E-state index in [2.05, 4.69) is 4.98 Å². The minimum atomic E-state index is -4.31. The zero-order chi connectivity index (χ0) is 11.1. The lowest BCUT2D eigenvalue weighted by Crippen LogP contribution is -2.07. The molecule has 0 saturated carbocycles. The van der Waals surface area contributed by atoms with Crippen molar-refractivity contribution >= 4 is 10.9 Å². The van der Waals surface area contributed by atoms with Crippen molar-refractivity contribution < 1.29 is 13.2 Å². The molecule has 1 heterocycles. The van der Waals surface area contributed by atoms with Gasteiger partial charge in [0.25, 0.3) is 0 Å². The third kappa shape index (κ3) is 1.79. The maximum atomic E-state index is 12.5. The Bertz CT molecular complexity index is 503. The highest BCUT2D eigenvalue weighted by molar-refractivity contribution is 5.80. The molecule has 0 atom stereocenters. The highest BCUT2D eigenvalue weighted by Crippen LogP contribution is 2.33. The first kappa shape index (κ1) is 9.96. The summed E-state index contributed by atoms with van der Waals surface area (Å²) in [6.45, 7) is 1.45. The van der Waals surface area contributed by atoms with Gasteiger partial charge in [-0.15, -0.1) is 0 Å². The lowest BCUT2D eigenvalue weighted by atomic mass is 10.0. The fraction of sp³-hybridized carbons (Fsp3) is 0.182. The Morgan fingerprint density at radius 2 is 1.93 bits per heavy atom. The number of nitrogens with zero attached hydrogens (tertiary/aromatic N) is 1. The Kier molecular flexibility index (Phi) is 2.14. The van der Waals surface area contributed by atoms with Gasteiger partial charge in [0.15, 0.2) is 0 Å². The molecule has 2 rings (SSSR count). The molecule has 0 fully saturated rings. The average Bonchev–Trinajstić information content (AvgIpc) is 2.15. The smallest absolute Gasteiger partial charge is 0.256 e. The maximum absolute atomic E-state index is 12.5. The van der Waals surface area contributed by atoms with Gasteiger partial charge in [-0.1, -0.05) is 6.07 Å². The number of hydrogen-bond acceptors (Lipinski definition) is 1. The van der Waals surface area contributed by atoms with Gasteiger partial charge in [0.1, 0.15) is 0 Å². The van der Waals surface area contributed by atoms with E-state index in [0.29, 0.717) is 5.52 Å². The topological polar surface area (TPSA) is 12.9 Å². The summed E-state index contributed by atoms with van der Waals surface area (Å²) in [4.78, 5) is 3.90. The van der Waals surface area contributed by atoms with Gasteiger partial charge in [-0.25, -0.2) is 0 Å². The molecular formula is C11H8F3N. The van der Waals surface area contributed by atoms with Gasteiger partial charge < -0.3 is 0 Å². The van der Waals surface area contributed by atoms with Crippen molar-refractivity contribution in [3.05, 3.63) is 41.6 Å². The number of alkyl halides is 3. The Morgan fingerprint density at radius 1 is 1.20 bits per heavy atom. The van der Waals surface area contributed by atoms with E-state index in [1.54, 1.807) is 12.1 Å². The van der Waals surface area contributed by atoms with Crippen molar-refractivity contribution in [3.63, 3.8) is 0 Å². The number of pyridine rings is 1. The minimum Gasteiger partial charge on any atom is -0.256 e. The summed E-state index contributed by atoms with van der Waals surface area (Å²) in [6.07, 6.45) is -2.83. The summed E-state index contributed by atoms with van der Waals surface area (Å²) >= 11 is 0. The van der Waals surface area contributed by atoms with Crippen LogP contribution in [0, 0.1) is 6.92 Å². The molecule has 0 aliphatic rings. The molecule has 1 aromatic heterocycles. The summed E-state index contributed by atoms with van der Waals surface area (Å²) < 4.78 is 37.6. The number of hydrogen-bond donors (Lipinski definition) is 0. The zero-order valence-electron chi connectivity index (χ0n) is 7.97. The lowest BCUT2D eigenvalue weighted by molar-refractivity contribution is -0.137. The van der Waals surface area contributed by atoms with Crippen LogP contribution in [0.4, 0.5) is 13.2 Å².